The number of piperidine rings is 1. The summed E-state index contributed by atoms with van der Waals surface area (Å²) in [6.45, 7) is 7.65. The molecule has 0 atom stereocenters. The van der Waals surface area contributed by atoms with Crippen molar-refractivity contribution in [2.45, 2.75) is 45.9 Å². The second-order valence-electron chi connectivity index (χ2n) is 8.11. The fourth-order valence-corrected chi connectivity index (χ4v) is 4.24. The van der Waals surface area contributed by atoms with Gasteiger partial charge in [0.15, 0.2) is 5.65 Å². The molecule has 158 valence electrons. The van der Waals surface area contributed by atoms with Crippen molar-refractivity contribution in [2.24, 2.45) is 0 Å². The number of nitrogens with two attached hydrogens (primary N) is 1. The zero-order chi connectivity index (χ0) is 21.1. The van der Waals surface area contributed by atoms with E-state index in [-0.39, 0.29) is 0 Å². The van der Waals surface area contributed by atoms with Crippen molar-refractivity contribution in [2.75, 3.05) is 31.2 Å². The van der Waals surface area contributed by atoms with Gasteiger partial charge in [0, 0.05) is 38.5 Å². The Hall–Kier alpha value is -2.77. The van der Waals surface area contributed by atoms with Crippen LogP contribution in [0.5, 0.6) is 0 Å². The van der Waals surface area contributed by atoms with E-state index in [9.17, 15) is 0 Å². The first-order valence-electron chi connectivity index (χ1n) is 10.5. The molecule has 1 saturated heterocycles. The Morgan fingerprint density at radius 1 is 1.10 bits per heavy atom. The van der Waals surface area contributed by atoms with Crippen LogP contribution in [0.2, 0.25) is 0 Å². The molecule has 0 amide bonds. The molecule has 2 aromatic heterocycles. The summed E-state index contributed by atoms with van der Waals surface area (Å²) in [7, 11) is 1.74. The van der Waals surface area contributed by atoms with E-state index < -0.39 is 0 Å². The van der Waals surface area contributed by atoms with Crippen molar-refractivity contribution in [3.63, 3.8) is 0 Å². The molecule has 1 aliphatic rings. The molecule has 7 heteroatoms. The number of fused-ring (bicyclic) bond motifs is 1. The molecule has 0 spiro atoms. The lowest BCUT2D eigenvalue weighted by molar-refractivity contribution is 0.179. The summed E-state index contributed by atoms with van der Waals surface area (Å²) in [5.74, 6) is 1.06. The van der Waals surface area contributed by atoms with Gasteiger partial charge >= 0.3 is 0 Å². The highest BCUT2D eigenvalue weighted by Crippen LogP contribution is 2.24. The van der Waals surface area contributed by atoms with Crippen LogP contribution in [0.25, 0.3) is 11.0 Å². The van der Waals surface area contributed by atoms with Gasteiger partial charge < -0.3 is 15.8 Å². The fraction of sp³-hybridized carbons (Fsp3) is 0.435. The fourth-order valence-electron chi connectivity index (χ4n) is 4.24. The van der Waals surface area contributed by atoms with Gasteiger partial charge in [-0.25, -0.2) is 4.98 Å². The van der Waals surface area contributed by atoms with E-state index in [1.165, 1.54) is 11.1 Å². The van der Waals surface area contributed by atoms with Crippen molar-refractivity contribution in [1.82, 2.24) is 19.9 Å². The van der Waals surface area contributed by atoms with Crippen molar-refractivity contribution in [3.05, 3.63) is 52.7 Å². The maximum absolute atomic E-state index is 6.21. The van der Waals surface area contributed by atoms with Crippen molar-refractivity contribution < 1.29 is 4.74 Å². The van der Waals surface area contributed by atoms with Gasteiger partial charge in [-0.1, -0.05) is 24.3 Å². The van der Waals surface area contributed by atoms with E-state index in [1.807, 2.05) is 19.9 Å². The molecule has 4 rings (SSSR count). The number of aromatic nitrogens is 3. The predicted octanol–water partition coefficient (Wildman–Crippen LogP) is 3.45. The van der Waals surface area contributed by atoms with Gasteiger partial charge in [0.05, 0.1) is 12.0 Å². The van der Waals surface area contributed by atoms with Crippen molar-refractivity contribution in [3.8, 4) is 0 Å². The molecule has 30 heavy (non-hydrogen) atoms. The third-order valence-corrected chi connectivity index (χ3v) is 5.75. The first kappa shape index (κ1) is 20.5. The molecular formula is C23H30N6O. The Kier molecular flexibility index (Phi) is 6.11. The summed E-state index contributed by atoms with van der Waals surface area (Å²) < 4.78 is 5.34. The van der Waals surface area contributed by atoms with Crippen LogP contribution >= 0.6 is 0 Å². The number of hydrogen-bond acceptors (Lipinski definition) is 7. The molecule has 3 N–H and O–H groups in total. The zero-order valence-electron chi connectivity index (χ0n) is 18.0. The van der Waals surface area contributed by atoms with Crippen LogP contribution in [0.4, 0.5) is 11.8 Å². The van der Waals surface area contributed by atoms with E-state index in [0.29, 0.717) is 30.1 Å². The Labute approximate surface area is 177 Å². The number of likely N-dealkylation sites (tertiary alicyclic amines) is 1. The Morgan fingerprint density at radius 3 is 2.57 bits per heavy atom. The van der Waals surface area contributed by atoms with Crippen LogP contribution in [-0.2, 0) is 17.9 Å². The summed E-state index contributed by atoms with van der Waals surface area (Å²) >= 11 is 0. The van der Waals surface area contributed by atoms with Crippen LogP contribution in [0, 0.1) is 13.8 Å². The van der Waals surface area contributed by atoms with Crippen LogP contribution in [0.15, 0.2) is 30.3 Å². The van der Waals surface area contributed by atoms with Gasteiger partial charge in [0.25, 0.3) is 0 Å². The number of anilines is 2. The minimum Gasteiger partial charge on any atom is -0.383 e. The number of pyridine rings is 1. The molecule has 0 aliphatic carbocycles. The second kappa shape index (κ2) is 8.93. The zero-order valence-corrected chi connectivity index (χ0v) is 18.0. The van der Waals surface area contributed by atoms with Gasteiger partial charge in [0.2, 0.25) is 5.95 Å². The van der Waals surface area contributed by atoms with Gasteiger partial charge in [-0.3, -0.25) is 4.90 Å². The quantitative estimate of drug-likeness (QED) is 0.648. The Bertz CT molecular complexity index is 1030. The van der Waals surface area contributed by atoms with Crippen LogP contribution in [0.1, 0.15) is 35.2 Å². The van der Waals surface area contributed by atoms with Gasteiger partial charge in [-0.15, -0.1) is 0 Å². The molecule has 1 fully saturated rings. The monoisotopic (exact) mass is 406 g/mol. The van der Waals surface area contributed by atoms with E-state index >= 15 is 0 Å². The molecular weight excluding hydrogens is 376 g/mol. The highest BCUT2D eigenvalue weighted by molar-refractivity contribution is 5.89. The molecule has 1 aliphatic heterocycles. The van der Waals surface area contributed by atoms with Crippen LogP contribution < -0.4 is 11.1 Å². The molecule has 3 aromatic rings. The number of methoxy groups -OCH3 is 1. The van der Waals surface area contributed by atoms with Crippen molar-refractivity contribution >= 4 is 22.8 Å². The first-order chi connectivity index (χ1) is 14.5. The first-order valence-corrected chi connectivity index (χ1v) is 10.5. The van der Waals surface area contributed by atoms with E-state index in [1.54, 1.807) is 7.11 Å². The number of rotatable bonds is 6. The third kappa shape index (κ3) is 4.52. The van der Waals surface area contributed by atoms with Crippen LogP contribution in [-0.4, -0.2) is 46.1 Å². The molecule has 3 heterocycles. The average molecular weight is 407 g/mol. The molecule has 0 saturated carbocycles. The minimum atomic E-state index is 0.332. The number of nitrogen functional groups attached to an aromatic ring is 1. The summed E-state index contributed by atoms with van der Waals surface area (Å²) in [6.07, 6.45) is 2.07. The Morgan fingerprint density at radius 2 is 1.83 bits per heavy atom. The number of nitrogens with one attached hydrogen (secondary N) is 1. The molecule has 0 unspecified atom stereocenters. The van der Waals surface area contributed by atoms with Crippen LogP contribution in [0.3, 0.4) is 0 Å². The number of aryl methyl sites for hydroxylation is 2. The molecule has 1 aromatic carbocycles. The van der Waals surface area contributed by atoms with Crippen molar-refractivity contribution in [1.29, 1.82) is 0 Å². The molecule has 7 nitrogen and oxygen atoms in total. The van der Waals surface area contributed by atoms with Gasteiger partial charge in [-0.05, 0) is 49.4 Å². The largest absolute Gasteiger partial charge is 0.383 e. The lowest BCUT2D eigenvalue weighted by Gasteiger charge is -2.32. The number of benzene rings is 1. The summed E-state index contributed by atoms with van der Waals surface area (Å²) in [4.78, 5) is 16.2. The predicted molar refractivity (Wildman–Crippen MR) is 120 cm³/mol. The second-order valence-corrected chi connectivity index (χ2v) is 8.11. The third-order valence-electron chi connectivity index (χ3n) is 5.75. The lowest BCUT2D eigenvalue weighted by atomic mass is 10.0. The van der Waals surface area contributed by atoms with E-state index in [4.69, 9.17) is 10.5 Å². The topological polar surface area (TPSA) is 89.2 Å². The normalized spacial score (nSPS) is 15.6. The summed E-state index contributed by atoms with van der Waals surface area (Å²) in [6, 6.07) is 10.9. The number of ether oxygens (including phenoxy) is 1. The molecule has 0 radical (unpaired) electrons. The standard InChI is InChI=1S/C23H30N6O/c1-15-12-16(2)25-22-20(15)21(24)27-23(28-22)26-19-8-10-29(11-9-19)13-17-6-4-5-7-18(17)14-30-3/h4-7,12,19H,8-11,13-14H2,1-3H3,(H3,24,25,26,27,28). The number of hydrogen-bond donors (Lipinski definition) is 2. The van der Waals surface area contributed by atoms with Gasteiger partial charge in [-0.2, -0.15) is 9.97 Å². The lowest BCUT2D eigenvalue weighted by Crippen LogP contribution is -2.39. The highest BCUT2D eigenvalue weighted by Gasteiger charge is 2.21. The van der Waals surface area contributed by atoms with E-state index in [0.717, 1.165) is 49.1 Å². The summed E-state index contributed by atoms with van der Waals surface area (Å²) in [5, 5.41) is 4.32. The number of nitrogens with zero attached hydrogens (tertiary/aromatic N) is 4. The average Bonchev–Trinajstić information content (AvgIpc) is 2.70. The SMILES string of the molecule is COCc1ccccc1CN1CCC(Nc2nc(N)c3c(C)cc(C)nc3n2)CC1. The summed E-state index contributed by atoms with van der Waals surface area (Å²) in [5.41, 5.74) is 11.5. The Balaban J connectivity index is 1.39. The van der Waals surface area contributed by atoms with E-state index in [2.05, 4.69) is 49.4 Å². The van der Waals surface area contributed by atoms with Gasteiger partial charge in [0.1, 0.15) is 5.82 Å². The smallest absolute Gasteiger partial charge is 0.226 e. The maximum Gasteiger partial charge on any atom is 0.226 e. The maximum atomic E-state index is 6.21. The minimum absolute atomic E-state index is 0.332. The highest BCUT2D eigenvalue weighted by atomic mass is 16.5. The molecule has 0 bridgehead atoms.